The zero-order valence-corrected chi connectivity index (χ0v) is 6.51. The quantitative estimate of drug-likeness (QED) is 0.655. The van der Waals surface area contributed by atoms with E-state index < -0.39 is 0 Å². The molecule has 0 spiro atoms. The first kappa shape index (κ1) is 6.95. The molecule has 2 saturated carbocycles. The molecular formula is C8H13NO2. The van der Waals surface area contributed by atoms with Crippen LogP contribution in [0.25, 0.3) is 0 Å². The fourth-order valence-corrected chi connectivity index (χ4v) is 1.09. The lowest BCUT2D eigenvalue weighted by atomic mass is 9.93. The Labute approximate surface area is 66.1 Å². The van der Waals surface area contributed by atoms with E-state index in [9.17, 15) is 4.79 Å². The van der Waals surface area contributed by atoms with Crippen molar-refractivity contribution in [2.45, 2.75) is 44.2 Å². The maximum Gasteiger partial charge on any atom is 0.407 e. The highest BCUT2D eigenvalue weighted by atomic mass is 16.6. The van der Waals surface area contributed by atoms with Gasteiger partial charge in [-0.3, -0.25) is 0 Å². The Morgan fingerprint density at radius 1 is 1.27 bits per heavy atom. The minimum absolute atomic E-state index is 0.211. The summed E-state index contributed by atoms with van der Waals surface area (Å²) in [5, 5.41) is 2.83. The molecule has 0 unspecified atom stereocenters. The molecule has 0 aromatic rings. The summed E-state index contributed by atoms with van der Waals surface area (Å²) < 4.78 is 5.02. The van der Waals surface area contributed by atoms with Gasteiger partial charge in [-0.1, -0.05) is 0 Å². The Kier molecular flexibility index (Phi) is 1.72. The maximum atomic E-state index is 11.0. The van der Waals surface area contributed by atoms with Gasteiger partial charge >= 0.3 is 6.09 Å². The van der Waals surface area contributed by atoms with E-state index in [1.54, 1.807) is 0 Å². The smallest absolute Gasteiger partial charge is 0.407 e. The van der Waals surface area contributed by atoms with Gasteiger partial charge in [-0.15, -0.1) is 0 Å². The molecule has 2 rings (SSSR count). The van der Waals surface area contributed by atoms with E-state index in [4.69, 9.17) is 4.74 Å². The lowest BCUT2D eigenvalue weighted by molar-refractivity contribution is 0.129. The largest absolute Gasteiger partial charge is 0.446 e. The Balaban J connectivity index is 1.63. The average molecular weight is 155 g/mol. The topological polar surface area (TPSA) is 38.3 Å². The average Bonchev–Trinajstić information content (AvgIpc) is 2.62. The summed E-state index contributed by atoms with van der Waals surface area (Å²) in [6.45, 7) is 0. The second kappa shape index (κ2) is 2.72. The third-order valence-corrected chi connectivity index (χ3v) is 2.23. The molecule has 0 saturated heterocycles. The van der Waals surface area contributed by atoms with Gasteiger partial charge in [-0.2, -0.15) is 0 Å². The Morgan fingerprint density at radius 2 is 2.00 bits per heavy atom. The van der Waals surface area contributed by atoms with Gasteiger partial charge in [0.25, 0.3) is 0 Å². The van der Waals surface area contributed by atoms with E-state index in [0.29, 0.717) is 6.04 Å². The minimum atomic E-state index is -0.211. The Hall–Kier alpha value is -0.730. The molecule has 0 bridgehead atoms. The first-order valence-electron chi connectivity index (χ1n) is 4.32. The molecule has 62 valence electrons. The fourth-order valence-electron chi connectivity index (χ4n) is 1.09. The molecule has 0 heterocycles. The summed E-state index contributed by atoms with van der Waals surface area (Å²) in [4.78, 5) is 11.0. The molecule has 1 N–H and O–H groups in total. The molecule has 1 amide bonds. The van der Waals surface area contributed by atoms with Crippen LogP contribution < -0.4 is 5.32 Å². The van der Waals surface area contributed by atoms with Crippen LogP contribution in [-0.4, -0.2) is 18.2 Å². The zero-order chi connectivity index (χ0) is 7.68. The number of ether oxygens (including phenoxy) is 1. The van der Waals surface area contributed by atoms with Crippen LogP contribution in [0.3, 0.4) is 0 Å². The molecule has 11 heavy (non-hydrogen) atoms. The molecule has 0 aromatic heterocycles. The van der Waals surface area contributed by atoms with Gasteiger partial charge < -0.3 is 10.1 Å². The Morgan fingerprint density at radius 3 is 2.45 bits per heavy atom. The van der Waals surface area contributed by atoms with Crippen LogP contribution in [0.15, 0.2) is 0 Å². The van der Waals surface area contributed by atoms with Crippen molar-refractivity contribution in [2.75, 3.05) is 0 Å². The molecule has 3 heteroatoms. The summed E-state index contributed by atoms with van der Waals surface area (Å²) in [5.74, 6) is 0. The molecule has 0 aromatic carbocycles. The predicted octanol–water partition coefficient (Wildman–Crippen LogP) is 1.43. The number of hydrogen-bond acceptors (Lipinski definition) is 2. The molecule has 0 atom stereocenters. The number of amides is 1. The monoisotopic (exact) mass is 155 g/mol. The van der Waals surface area contributed by atoms with Crippen LogP contribution in [0, 0.1) is 0 Å². The van der Waals surface area contributed by atoms with Gasteiger partial charge in [0.2, 0.25) is 0 Å². The van der Waals surface area contributed by atoms with Crippen molar-refractivity contribution in [3.05, 3.63) is 0 Å². The second-order valence-corrected chi connectivity index (χ2v) is 3.38. The van der Waals surface area contributed by atoms with Crippen molar-refractivity contribution >= 4 is 6.09 Å². The molecule has 3 nitrogen and oxygen atoms in total. The van der Waals surface area contributed by atoms with Crippen LogP contribution in [0.2, 0.25) is 0 Å². The molecule has 2 aliphatic carbocycles. The number of carbonyl (C=O) groups is 1. The normalized spacial score (nSPS) is 24.0. The highest BCUT2D eigenvalue weighted by Crippen LogP contribution is 2.24. The van der Waals surface area contributed by atoms with Crippen molar-refractivity contribution in [3.63, 3.8) is 0 Å². The van der Waals surface area contributed by atoms with Crippen LogP contribution in [0.4, 0.5) is 4.79 Å². The first-order valence-corrected chi connectivity index (χ1v) is 4.32. The standard InChI is InChI=1S/C8H13NO2/c10-8(11-7-4-5-7)9-6-2-1-3-6/h6-7H,1-5H2,(H,9,10). The van der Waals surface area contributed by atoms with E-state index in [1.807, 2.05) is 0 Å². The van der Waals surface area contributed by atoms with Crippen molar-refractivity contribution < 1.29 is 9.53 Å². The van der Waals surface area contributed by atoms with Crippen LogP contribution in [0.5, 0.6) is 0 Å². The van der Waals surface area contributed by atoms with Gasteiger partial charge in [0.05, 0.1) is 0 Å². The van der Waals surface area contributed by atoms with E-state index in [2.05, 4.69) is 5.32 Å². The van der Waals surface area contributed by atoms with Crippen LogP contribution in [-0.2, 0) is 4.74 Å². The highest BCUT2D eigenvalue weighted by molar-refractivity contribution is 5.68. The number of hydrogen-bond donors (Lipinski definition) is 1. The molecule has 2 aliphatic rings. The SMILES string of the molecule is O=C(NC1CCC1)OC1CC1. The number of alkyl carbamates (subject to hydrolysis) is 1. The second-order valence-electron chi connectivity index (χ2n) is 3.38. The third kappa shape index (κ3) is 1.85. The highest BCUT2D eigenvalue weighted by Gasteiger charge is 2.27. The van der Waals surface area contributed by atoms with Gasteiger partial charge in [-0.25, -0.2) is 4.79 Å². The molecular weight excluding hydrogens is 142 g/mol. The number of nitrogens with one attached hydrogen (secondary N) is 1. The van der Waals surface area contributed by atoms with E-state index in [1.165, 1.54) is 6.42 Å². The molecule has 2 fully saturated rings. The van der Waals surface area contributed by atoms with Crippen molar-refractivity contribution in [1.29, 1.82) is 0 Å². The fraction of sp³-hybridized carbons (Fsp3) is 0.875. The summed E-state index contributed by atoms with van der Waals surface area (Å²) in [7, 11) is 0. The van der Waals surface area contributed by atoms with Crippen molar-refractivity contribution in [2.24, 2.45) is 0 Å². The van der Waals surface area contributed by atoms with E-state index >= 15 is 0 Å². The van der Waals surface area contributed by atoms with E-state index in [0.717, 1.165) is 25.7 Å². The van der Waals surface area contributed by atoms with Gasteiger partial charge in [0, 0.05) is 6.04 Å². The maximum absolute atomic E-state index is 11.0. The van der Waals surface area contributed by atoms with Crippen LogP contribution >= 0.6 is 0 Å². The lowest BCUT2D eigenvalue weighted by Gasteiger charge is -2.25. The molecule has 0 aliphatic heterocycles. The van der Waals surface area contributed by atoms with Gasteiger partial charge in [0.15, 0.2) is 0 Å². The summed E-state index contributed by atoms with van der Waals surface area (Å²) >= 11 is 0. The number of rotatable bonds is 2. The van der Waals surface area contributed by atoms with Crippen molar-refractivity contribution in [1.82, 2.24) is 5.32 Å². The summed E-state index contributed by atoms with van der Waals surface area (Å²) in [6.07, 6.45) is 5.62. The van der Waals surface area contributed by atoms with Gasteiger partial charge in [0.1, 0.15) is 6.10 Å². The van der Waals surface area contributed by atoms with E-state index in [-0.39, 0.29) is 12.2 Å². The minimum Gasteiger partial charge on any atom is -0.446 e. The Bertz CT molecular complexity index is 161. The first-order chi connectivity index (χ1) is 5.34. The predicted molar refractivity (Wildman–Crippen MR) is 40.3 cm³/mol. The number of carbonyl (C=O) groups excluding carboxylic acids is 1. The van der Waals surface area contributed by atoms with Crippen LogP contribution in [0.1, 0.15) is 32.1 Å². The lowest BCUT2D eigenvalue weighted by Crippen LogP contribution is -2.40. The van der Waals surface area contributed by atoms with Crippen molar-refractivity contribution in [3.8, 4) is 0 Å². The summed E-state index contributed by atoms with van der Waals surface area (Å²) in [6, 6.07) is 0.404. The third-order valence-electron chi connectivity index (χ3n) is 2.23. The van der Waals surface area contributed by atoms with Gasteiger partial charge in [-0.05, 0) is 32.1 Å². The summed E-state index contributed by atoms with van der Waals surface area (Å²) in [5.41, 5.74) is 0. The molecule has 0 radical (unpaired) electrons. The zero-order valence-electron chi connectivity index (χ0n) is 6.51.